The average Bonchev–Trinajstić information content (AvgIpc) is 3.20. The summed E-state index contributed by atoms with van der Waals surface area (Å²) in [4.78, 5) is 43.9. The van der Waals surface area contributed by atoms with E-state index in [1.165, 1.54) is 22.6 Å². The van der Waals surface area contributed by atoms with Gasteiger partial charge < -0.3 is 19.6 Å². The van der Waals surface area contributed by atoms with E-state index in [9.17, 15) is 19.5 Å². The molecule has 4 rings (SSSR count). The molecule has 1 fully saturated rings. The third-order valence-electron chi connectivity index (χ3n) is 7.36. The number of phenols is 1. The zero-order valence-electron chi connectivity index (χ0n) is 22.8. The van der Waals surface area contributed by atoms with Crippen LogP contribution in [0.2, 0.25) is 0 Å². The Hall–Kier alpha value is -3.97. The molecule has 1 aliphatic rings. The second kappa shape index (κ2) is 12.7. The molecule has 1 saturated heterocycles. The van der Waals surface area contributed by atoms with Crippen molar-refractivity contribution in [3.63, 3.8) is 0 Å². The number of nitrogens with zero attached hydrogens (tertiary/aromatic N) is 2. The summed E-state index contributed by atoms with van der Waals surface area (Å²) in [6.45, 7) is 9.54. The van der Waals surface area contributed by atoms with Crippen molar-refractivity contribution in [2.75, 3.05) is 26.2 Å². The molecule has 2 unspecified atom stereocenters. The van der Waals surface area contributed by atoms with Gasteiger partial charge in [0.2, 0.25) is 5.78 Å². The van der Waals surface area contributed by atoms with Crippen LogP contribution in [0.15, 0.2) is 72.8 Å². The van der Waals surface area contributed by atoms with Crippen molar-refractivity contribution in [2.45, 2.75) is 39.8 Å². The molecule has 0 aromatic heterocycles. The van der Waals surface area contributed by atoms with Gasteiger partial charge in [-0.1, -0.05) is 55.8 Å². The fraction of sp³-hybridized carbons (Fsp3) is 0.344. The fourth-order valence-corrected chi connectivity index (χ4v) is 5.02. The Morgan fingerprint density at radius 3 is 2.18 bits per heavy atom. The summed E-state index contributed by atoms with van der Waals surface area (Å²) in [5.74, 6) is -2.21. The molecular weight excluding hydrogens is 492 g/mol. The highest BCUT2D eigenvalue weighted by atomic mass is 16.5. The standard InChI is InChI=1S/C32H36N2O5/c1-4-33(5-2)19-6-20-34-29(24-11-15-26(35)16-12-24)28(31(37)32(34)38)30(36)25-13-17-27(18-14-25)39-21-23-9-7-22(3)8-10-23/h7-18,28-29,35H,4-6,19-21H2,1-3H3. The molecule has 0 saturated carbocycles. The first-order valence-corrected chi connectivity index (χ1v) is 13.5. The Labute approximate surface area is 230 Å². The molecule has 1 N–H and O–H groups in total. The smallest absolute Gasteiger partial charge is 0.291 e. The normalized spacial score (nSPS) is 17.2. The summed E-state index contributed by atoms with van der Waals surface area (Å²) in [6.07, 6.45) is 0.684. The van der Waals surface area contributed by atoms with E-state index in [4.69, 9.17) is 4.74 Å². The minimum atomic E-state index is -1.16. The number of ketones is 2. The van der Waals surface area contributed by atoms with Gasteiger partial charge in [0.1, 0.15) is 24.0 Å². The molecule has 39 heavy (non-hydrogen) atoms. The third-order valence-corrected chi connectivity index (χ3v) is 7.36. The van der Waals surface area contributed by atoms with Crippen LogP contribution in [-0.4, -0.2) is 58.6 Å². The highest BCUT2D eigenvalue weighted by Crippen LogP contribution is 2.39. The molecular formula is C32H36N2O5. The van der Waals surface area contributed by atoms with Crippen LogP contribution in [0.5, 0.6) is 11.5 Å². The van der Waals surface area contributed by atoms with Crippen LogP contribution in [0.3, 0.4) is 0 Å². The third kappa shape index (κ3) is 6.55. The zero-order chi connectivity index (χ0) is 27.9. The molecule has 0 radical (unpaired) electrons. The Morgan fingerprint density at radius 2 is 1.56 bits per heavy atom. The number of hydrogen-bond donors (Lipinski definition) is 1. The minimum Gasteiger partial charge on any atom is -0.508 e. The van der Waals surface area contributed by atoms with Crippen molar-refractivity contribution in [3.8, 4) is 11.5 Å². The van der Waals surface area contributed by atoms with Crippen LogP contribution in [0.25, 0.3) is 0 Å². The van der Waals surface area contributed by atoms with Gasteiger partial charge in [-0.05, 0) is 80.5 Å². The lowest BCUT2D eigenvalue weighted by atomic mass is 9.86. The lowest BCUT2D eigenvalue weighted by Gasteiger charge is -2.28. The predicted octanol–water partition coefficient (Wildman–Crippen LogP) is 4.96. The van der Waals surface area contributed by atoms with Crippen molar-refractivity contribution < 1.29 is 24.2 Å². The number of likely N-dealkylation sites (tertiary alicyclic amines) is 1. The van der Waals surface area contributed by atoms with E-state index in [2.05, 4.69) is 18.7 Å². The van der Waals surface area contributed by atoms with Crippen LogP contribution >= 0.6 is 0 Å². The molecule has 3 aromatic carbocycles. The molecule has 1 heterocycles. The van der Waals surface area contributed by atoms with E-state index in [0.717, 1.165) is 25.2 Å². The second-order valence-corrected chi connectivity index (χ2v) is 9.92. The van der Waals surface area contributed by atoms with Gasteiger partial charge in [-0.2, -0.15) is 0 Å². The molecule has 1 aliphatic heterocycles. The van der Waals surface area contributed by atoms with Crippen LogP contribution in [0.1, 0.15) is 53.4 Å². The van der Waals surface area contributed by atoms with E-state index in [1.807, 2.05) is 31.2 Å². The SMILES string of the molecule is CCN(CC)CCCN1C(=O)C(=O)C(C(=O)c2ccc(OCc3ccc(C)cc3)cc2)C1c1ccc(O)cc1. The van der Waals surface area contributed by atoms with Crippen LogP contribution < -0.4 is 4.74 Å². The van der Waals surface area contributed by atoms with Gasteiger partial charge in [0.15, 0.2) is 5.78 Å². The van der Waals surface area contributed by atoms with Crippen LogP contribution in [0.4, 0.5) is 0 Å². The Bertz CT molecular complexity index is 1280. The number of carbonyl (C=O) groups is 3. The first-order chi connectivity index (χ1) is 18.8. The number of amides is 1. The number of hydrogen-bond acceptors (Lipinski definition) is 6. The van der Waals surface area contributed by atoms with Gasteiger partial charge in [0, 0.05) is 12.1 Å². The highest BCUT2D eigenvalue weighted by molar-refractivity contribution is 6.44. The van der Waals surface area contributed by atoms with Crippen molar-refractivity contribution in [1.82, 2.24) is 9.80 Å². The largest absolute Gasteiger partial charge is 0.508 e. The molecule has 7 heteroatoms. The summed E-state index contributed by atoms with van der Waals surface area (Å²) in [6, 6.07) is 20.4. The van der Waals surface area contributed by atoms with Gasteiger partial charge in [0.25, 0.3) is 5.91 Å². The molecule has 7 nitrogen and oxygen atoms in total. The van der Waals surface area contributed by atoms with Crippen molar-refractivity contribution in [3.05, 3.63) is 95.1 Å². The Kier molecular flexibility index (Phi) is 9.15. The second-order valence-electron chi connectivity index (χ2n) is 9.92. The van der Waals surface area contributed by atoms with E-state index in [1.54, 1.807) is 36.4 Å². The first kappa shape index (κ1) is 28.0. The summed E-state index contributed by atoms with van der Waals surface area (Å²) in [5.41, 5.74) is 3.20. The molecule has 0 bridgehead atoms. The minimum absolute atomic E-state index is 0.0755. The molecule has 204 valence electrons. The maximum Gasteiger partial charge on any atom is 0.291 e. The van der Waals surface area contributed by atoms with E-state index < -0.39 is 29.4 Å². The highest BCUT2D eigenvalue weighted by Gasteiger charge is 2.51. The quantitative estimate of drug-likeness (QED) is 0.203. The Balaban J connectivity index is 1.53. The zero-order valence-corrected chi connectivity index (χ0v) is 22.8. The lowest BCUT2D eigenvalue weighted by molar-refractivity contribution is -0.140. The number of Topliss-reactive ketones (excluding diaryl/α,β-unsaturated/α-hetero) is 2. The van der Waals surface area contributed by atoms with Gasteiger partial charge in [-0.3, -0.25) is 14.4 Å². The number of aromatic hydroxyl groups is 1. The van der Waals surface area contributed by atoms with Gasteiger partial charge >= 0.3 is 0 Å². The van der Waals surface area contributed by atoms with Gasteiger partial charge in [0.05, 0.1) is 6.04 Å². The van der Waals surface area contributed by atoms with E-state index in [0.29, 0.717) is 36.4 Å². The molecule has 3 aromatic rings. The van der Waals surface area contributed by atoms with E-state index >= 15 is 0 Å². The molecule has 0 aliphatic carbocycles. The lowest BCUT2D eigenvalue weighted by Crippen LogP contribution is -2.34. The maximum absolute atomic E-state index is 13.7. The average molecular weight is 529 g/mol. The number of benzene rings is 3. The van der Waals surface area contributed by atoms with Gasteiger partial charge in [-0.25, -0.2) is 0 Å². The molecule has 1 amide bonds. The van der Waals surface area contributed by atoms with Crippen LogP contribution in [0, 0.1) is 12.8 Å². The number of carbonyl (C=O) groups excluding carboxylic acids is 3. The first-order valence-electron chi connectivity index (χ1n) is 13.5. The maximum atomic E-state index is 13.7. The number of rotatable bonds is 12. The molecule has 2 atom stereocenters. The van der Waals surface area contributed by atoms with E-state index in [-0.39, 0.29) is 5.75 Å². The summed E-state index contributed by atoms with van der Waals surface area (Å²) < 4.78 is 5.86. The fourth-order valence-electron chi connectivity index (χ4n) is 5.02. The Morgan fingerprint density at radius 1 is 0.923 bits per heavy atom. The number of ether oxygens (including phenoxy) is 1. The number of aryl methyl sites for hydroxylation is 1. The summed E-state index contributed by atoms with van der Waals surface area (Å²) in [5, 5.41) is 9.80. The van der Waals surface area contributed by atoms with Crippen molar-refractivity contribution in [2.24, 2.45) is 5.92 Å². The number of phenolic OH excluding ortho intramolecular Hbond substituents is 1. The van der Waals surface area contributed by atoms with Crippen molar-refractivity contribution >= 4 is 17.5 Å². The monoisotopic (exact) mass is 528 g/mol. The topological polar surface area (TPSA) is 87.2 Å². The summed E-state index contributed by atoms with van der Waals surface area (Å²) >= 11 is 0. The molecule has 0 spiro atoms. The predicted molar refractivity (Wildman–Crippen MR) is 150 cm³/mol. The van der Waals surface area contributed by atoms with Crippen LogP contribution in [-0.2, 0) is 16.2 Å². The summed E-state index contributed by atoms with van der Waals surface area (Å²) in [7, 11) is 0. The van der Waals surface area contributed by atoms with Gasteiger partial charge in [-0.15, -0.1) is 0 Å². The van der Waals surface area contributed by atoms with Crippen molar-refractivity contribution in [1.29, 1.82) is 0 Å².